The van der Waals surface area contributed by atoms with Crippen molar-refractivity contribution in [1.29, 1.82) is 0 Å². The molecule has 0 amide bonds. The Morgan fingerprint density at radius 1 is 1.14 bits per heavy atom. The molecule has 0 aromatic heterocycles. The second kappa shape index (κ2) is 6.91. The first-order valence-corrected chi connectivity index (χ1v) is 7.15. The largest absolute Gasteiger partial charge is 0.497 e. The lowest BCUT2D eigenvalue weighted by Gasteiger charge is -2.35. The molecule has 0 atom stereocenters. The van der Waals surface area contributed by atoms with Gasteiger partial charge in [-0.05, 0) is 19.1 Å². The van der Waals surface area contributed by atoms with E-state index in [0.29, 0.717) is 49.7 Å². The van der Waals surface area contributed by atoms with Crippen molar-refractivity contribution in [2.24, 2.45) is 0 Å². The molecular formula is C16H22O5. The Labute approximate surface area is 125 Å². The third-order valence-corrected chi connectivity index (χ3v) is 3.75. The van der Waals surface area contributed by atoms with Gasteiger partial charge in [-0.1, -0.05) is 0 Å². The third-order valence-electron chi connectivity index (χ3n) is 3.75. The van der Waals surface area contributed by atoms with Crippen LogP contribution in [0.5, 0.6) is 11.5 Å². The van der Waals surface area contributed by atoms with Crippen molar-refractivity contribution >= 4 is 5.78 Å². The Hall–Kier alpha value is -1.59. The zero-order valence-corrected chi connectivity index (χ0v) is 12.8. The van der Waals surface area contributed by atoms with Gasteiger partial charge in [-0.25, -0.2) is 0 Å². The van der Waals surface area contributed by atoms with Crippen LogP contribution in [0, 0.1) is 0 Å². The zero-order valence-electron chi connectivity index (χ0n) is 12.8. The van der Waals surface area contributed by atoms with Crippen LogP contribution in [-0.2, 0) is 9.47 Å². The summed E-state index contributed by atoms with van der Waals surface area (Å²) in [6.45, 7) is 3.46. The van der Waals surface area contributed by atoms with E-state index in [1.54, 1.807) is 32.4 Å². The Balaban J connectivity index is 2.36. The Kier molecular flexibility index (Phi) is 5.20. The fourth-order valence-corrected chi connectivity index (χ4v) is 2.62. The Morgan fingerprint density at radius 2 is 1.71 bits per heavy atom. The van der Waals surface area contributed by atoms with Crippen LogP contribution in [-0.4, -0.2) is 45.4 Å². The molecular weight excluding hydrogens is 272 g/mol. The van der Waals surface area contributed by atoms with Crippen molar-refractivity contribution in [3.8, 4) is 11.5 Å². The zero-order chi connectivity index (χ0) is 15.3. The summed E-state index contributed by atoms with van der Waals surface area (Å²) in [4.78, 5) is 13.0. The van der Waals surface area contributed by atoms with Gasteiger partial charge in [0.2, 0.25) is 0 Å². The molecule has 1 aromatic carbocycles. The minimum absolute atomic E-state index is 0.0372. The molecule has 1 aromatic rings. The van der Waals surface area contributed by atoms with Crippen LogP contribution < -0.4 is 9.47 Å². The summed E-state index contributed by atoms with van der Waals surface area (Å²) in [5, 5.41) is 0. The van der Waals surface area contributed by atoms with Crippen LogP contribution in [0.1, 0.15) is 30.1 Å². The lowest BCUT2D eigenvalue weighted by molar-refractivity contribution is -0.0822. The normalized spacial score (nSPS) is 17.3. The number of benzene rings is 1. The first kappa shape index (κ1) is 15.8. The van der Waals surface area contributed by atoms with Crippen LogP contribution in [0.3, 0.4) is 0 Å². The third kappa shape index (κ3) is 3.36. The summed E-state index contributed by atoms with van der Waals surface area (Å²) < 4.78 is 21.6. The predicted octanol–water partition coefficient (Wildman–Crippen LogP) is 2.47. The molecule has 1 heterocycles. The summed E-state index contributed by atoms with van der Waals surface area (Å²) in [5.74, 6) is 1.15. The minimum Gasteiger partial charge on any atom is -0.497 e. The van der Waals surface area contributed by atoms with Crippen LogP contribution in [0.25, 0.3) is 0 Å². The summed E-state index contributed by atoms with van der Waals surface area (Å²) in [6.07, 6.45) is 1.14. The molecule has 21 heavy (non-hydrogen) atoms. The SMILES string of the molecule is CCOC1(C(=O)c2cc(OC)cc(OC)c2)CCOCC1. The highest BCUT2D eigenvalue weighted by Gasteiger charge is 2.41. The van der Waals surface area contributed by atoms with Crippen molar-refractivity contribution in [1.82, 2.24) is 0 Å². The van der Waals surface area contributed by atoms with Crippen molar-refractivity contribution in [2.75, 3.05) is 34.0 Å². The highest BCUT2D eigenvalue weighted by Crippen LogP contribution is 2.32. The number of hydrogen-bond donors (Lipinski definition) is 0. The van der Waals surface area contributed by atoms with Gasteiger partial charge in [0.15, 0.2) is 5.78 Å². The highest BCUT2D eigenvalue weighted by molar-refractivity contribution is 6.03. The average molecular weight is 294 g/mol. The molecule has 1 aliphatic heterocycles. The first-order valence-electron chi connectivity index (χ1n) is 7.15. The van der Waals surface area contributed by atoms with E-state index >= 15 is 0 Å². The van der Waals surface area contributed by atoms with Crippen LogP contribution >= 0.6 is 0 Å². The maximum Gasteiger partial charge on any atom is 0.195 e. The molecule has 1 aliphatic rings. The van der Waals surface area contributed by atoms with E-state index in [1.807, 2.05) is 6.92 Å². The Morgan fingerprint density at radius 3 is 2.19 bits per heavy atom. The number of Topliss-reactive ketones (excluding diaryl/α,β-unsaturated/α-hetero) is 1. The van der Waals surface area contributed by atoms with Gasteiger partial charge in [0.1, 0.15) is 17.1 Å². The molecule has 0 unspecified atom stereocenters. The minimum atomic E-state index is -0.801. The van der Waals surface area contributed by atoms with Crippen LogP contribution in [0.15, 0.2) is 18.2 Å². The number of rotatable bonds is 6. The first-order chi connectivity index (χ1) is 10.1. The van der Waals surface area contributed by atoms with Gasteiger partial charge >= 0.3 is 0 Å². The van der Waals surface area contributed by atoms with Gasteiger partial charge in [-0.2, -0.15) is 0 Å². The molecule has 0 spiro atoms. The molecule has 5 nitrogen and oxygen atoms in total. The second-order valence-electron chi connectivity index (χ2n) is 4.97. The maximum absolute atomic E-state index is 13.0. The molecule has 116 valence electrons. The summed E-state index contributed by atoms with van der Waals surface area (Å²) >= 11 is 0. The molecule has 0 saturated carbocycles. The van der Waals surface area contributed by atoms with E-state index in [1.165, 1.54) is 0 Å². The number of methoxy groups -OCH3 is 2. The van der Waals surface area contributed by atoms with Gasteiger partial charge in [-0.15, -0.1) is 0 Å². The topological polar surface area (TPSA) is 54.0 Å². The molecule has 2 rings (SSSR count). The smallest absolute Gasteiger partial charge is 0.195 e. The van der Waals surface area contributed by atoms with Gasteiger partial charge in [0.25, 0.3) is 0 Å². The number of carbonyl (C=O) groups is 1. The van der Waals surface area contributed by atoms with E-state index in [4.69, 9.17) is 18.9 Å². The van der Waals surface area contributed by atoms with Crippen molar-refractivity contribution < 1.29 is 23.7 Å². The number of ether oxygens (including phenoxy) is 4. The lowest BCUT2D eigenvalue weighted by Crippen LogP contribution is -2.46. The van der Waals surface area contributed by atoms with E-state index in [2.05, 4.69) is 0 Å². The molecule has 0 N–H and O–H groups in total. The van der Waals surface area contributed by atoms with E-state index < -0.39 is 5.60 Å². The van der Waals surface area contributed by atoms with Gasteiger partial charge in [-0.3, -0.25) is 4.79 Å². The van der Waals surface area contributed by atoms with Crippen molar-refractivity contribution in [3.05, 3.63) is 23.8 Å². The molecule has 5 heteroatoms. The van der Waals surface area contributed by atoms with Gasteiger partial charge in [0.05, 0.1) is 14.2 Å². The van der Waals surface area contributed by atoms with Crippen molar-refractivity contribution in [2.45, 2.75) is 25.4 Å². The van der Waals surface area contributed by atoms with Crippen LogP contribution in [0.2, 0.25) is 0 Å². The molecule has 0 bridgehead atoms. The lowest BCUT2D eigenvalue weighted by atomic mass is 9.85. The van der Waals surface area contributed by atoms with Crippen molar-refractivity contribution in [3.63, 3.8) is 0 Å². The molecule has 0 radical (unpaired) electrons. The van der Waals surface area contributed by atoms with Gasteiger partial charge in [0, 0.05) is 44.3 Å². The molecule has 1 saturated heterocycles. The fourth-order valence-electron chi connectivity index (χ4n) is 2.62. The van der Waals surface area contributed by atoms with Crippen LogP contribution in [0.4, 0.5) is 0 Å². The number of carbonyl (C=O) groups excluding carboxylic acids is 1. The summed E-state index contributed by atoms with van der Waals surface area (Å²) in [6, 6.07) is 5.19. The van der Waals surface area contributed by atoms with E-state index in [9.17, 15) is 4.79 Å². The number of ketones is 1. The average Bonchev–Trinajstić information content (AvgIpc) is 2.54. The maximum atomic E-state index is 13.0. The predicted molar refractivity (Wildman–Crippen MR) is 78.3 cm³/mol. The molecule has 1 fully saturated rings. The van der Waals surface area contributed by atoms with E-state index in [0.717, 1.165) is 0 Å². The number of hydrogen-bond acceptors (Lipinski definition) is 5. The summed E-state index contributed by atoms with van der Waals surface area (Å²) in [5.41, 5.74) is -0.258. The van der Waals surface area contributed by atoms with Gasteiger partial charge < -0.3 is 18.9 Å². The van der Waals surface area contributed by atoms with E-state index in [-0.39, 0.29) is 5.78 Å². The standard InChI is InChI=1S/C16H22O5/c1-4-21-16(5-7-20-8-6-16)15(17)12-9-13(18-2)11-14(10-12)19-3/h9-11H,4-8H2,1-3H3. The quantitative estimate of drug-likeness (QED) is 0.754. The second-order valence-corrected chi connectivity index (χ2v) is 4.97. The highest BCUT2D eigenvalue weighted by atomic mass is 16.5. The monoisotopic (exact) mass is 294 g/mol. The fraction of sp³-hybridized carbons (Fsp3) is 0.562. The molecule has 0 aliphatic carbocycles. The summed E-state index contributed by atoms with van der Waals surface area (Å²) in [7, 11) is 3.13. The Bertz CT molecular complexity index is 464.